The SMILES string of the molecule is COc1cccc(CN2CCC3(CC2)CN(C(=O)c2cccc(Br)c2)c2ccc(C)cc23)c1. The number of hydrogen-bond donors (Lipinski definition) is 0. The number of amides is 1. The Bertz CT molecular complexity index is 1180. The molecule has 0 bridgehead atoms. The number of nitrogens with zero attached hydrogens (tertiary/aromatic N) is 2. The number of hydrogen-bond acceptors (Lipinski definition) is 3. The summed E-state index contributed by atoms with van der Waals surface area (Å²) in [4.78, 5) is 18.1. The van der Waals surface area contributed by atoms with E-state index in [4.69, 9.17) is 4.74 Å². The Labute approximate surface area is 204 Å². The lowest BCUT2D eigenvalue weighted by Gasteiger charge is -2.40. The first-order valence-corrected chi connectivity index (χ1v) is 12.3. The Morgan fingerprint density at radius 1 is 1.03 bits per heavy atom. The van der Waals surface area contributed by atoms with E-state index in [0.717, 1.165) is 60.5 Å². The lowest BCUT2D eigenvalue weighted by Crippen LogP contribution is -2.45. The van der Waals surface area contributed by atoms with Crippen LogP contribution >= 0.6 is 15.9 Å². The third kappa shape index (κ3) is 4.32. The van der Waals surface area contributed by atoms with Crippen molar-refractivity contribution < 1.29 is 9.53 Å². The van der Waals surface area contributed by atoms with Crippen molar-refractivity contribution in [3.05, 3.63) is 93.5 Å². The van der Waals surface area contributed by atoms with Crippen LogP contribution < -0.4 is 9.64 Å². The molecule has 5 heteroatoms. The number of anilines is 1. The molecule has 1 fully saturated rings. The quantitative estimate of drug-likeness (QED) is 0.439. The van der Waals surface area contributed by atoms with Gasteiger partial charge >= 0.3 is 0 Å². The first kappa shape index (κ1) is 22.2. The number of halogens is 1. The fraction of sp³-hybridized carbons (Fsp3) is 0.321. The second-order valence-corrected chi connectivity index (χ2v) is 10.2. The van der Waals surface area contributed by atoms with Crippen LogP contribution in [0.5, 0.6) is 5.75 Å². The van der Waals surface area contributed by atoms with Crippen LogP contribution in [0, 0.1) is 6.92 Å². The van der Waals surface area contributed by atoms with Crippen molar-refractivity contribution in [2.45, 2.75) is 31.7 Å². The van der Waals surface area contributed by atoms with Crippen molar-refractivity contribution in [3.8, 4) is 5.75 Å². The third-order valence-corrected chi connectivity index (χ3v) is 7.64. The summed E-state index contributed by atoms with van der Waals surface area (Å²) in [6.07, 6.45) is 2.10. The smallest absolute Gasteiger partial charge is 0.258 e. The largest absolute Gasteiger partial charge is 0.497 e. The summed E-state index contributed by atoms with van der Waals surface area (Å²) in [7, 11) is 1.71. The second-order valence-electron chi connectivity index (χ2n) is 9.33. The highest BCUT2D eigenvalue weighted by Gasteiger charge is 2.46. The van der Waals surface area contributed by atoms with Gasteiger partial charge in [0.25, 0.3) is 5.91 Å². The van der Waals surface area contributed by atoms with Crippen molar-refractivity contribution in [2.75, 3.05) is 31.6 Å². The van der Waals surface area contributed by atoms with Gasteiger partial charge in [-0.1, -0.05) is 51.8 Å². The minimum absolute atomic E-state index is 0.0217. The van der Waals surface area contributed by atoms with Gasteiger partial charge in [0.15, 0.2) is 0 Å². The maximum Gasteiger partial charge on any atom is 0.258 e. The summed E-state index contributed by atoms with van der Waals surface area (Å²) < 4.78 is 6.32. The molecule has 5 rings (SSSR count). The van der Waals surface area contributed by atoms with Gasteiger partial charge in [-0.25, -0.2) is 0 Å². The Hall–Kier alpha value is -2.63. The average molecular weight is 505 g/mol. The van der Waals surface area contributed by atoms with E-state index in [0.29, 0.717) is 0 Å². The highest BCUT2D eigenvalue weighted by atomic mass is 79.9. The number of piperidine rings is 1. The number of methoxy groups -OCH3 is 1. The molecule has 1 saturated heterocycles. The molecule has 1 spiro atoms. The predicted molar refractivity (Wildman–Crippen MR) is 136 cm³/mol. The van der Waals surface area contributed by atoms with Gasteiger partial charge in [-0.3, -0.25) is 9.69 Å². The zero-order valence-corrected chi connectivity index (χ0v) is 20.8. The van der Waals surface area contributed by atoms with Crippen LogP contribution in [0.15, 0.2) is 71.2 Å². The molecular weight excluding hydrogens is 476 g/mol. The molecule has 2 aliphatic heterocycles. The van der Waals surface area contributed by atoms with E-state index in [1.165, 1.54) is 16.7 Å². The minimum atomic E-state index is 0.0217. The fourth-order valence-corrected chi connectivity index (χ4v) is 5.74. The third-order valence-electron chi connectivity index (χ3n) is 7.15. The summed E-state index contributed by atoms with van der Waals surface area (Å²) in [5, 5.41) is 0. The topological polar surface area (TPSA) is 32.8 Å². The standard InChI is InChI=1S/C28H29BrN2O2/c1-20-9-10-26-25(15-20)28(19-31(26)27(32)22-6-4-7-23(29)17-22)11-13-30(14-12-28)18-21-5-3-8-24(16-21)33-2/h3-10,15-17H,11-14,18-19H2,1-2H3. The molecule has 3 aromatic rings. The molecular formula is C28H29BrN2O2. The van der Waals surface area contributed by atoms with Gasteiger partial charge in [0, 0.05) is 34.2 Å². The molecule has 0 aromatic heterocycles. The first-order chi connectivity index (χ1) is 16.0. The van der Waals surface area contributed by atoms with Crippen LogP contribution in [0.25, 0.3) is 0 Å². The Balaban J connectivity index is 1.37. The summed E-state index contributed by atoms with van der Waals surface area (Å²) in [6.45, 7) is 5.86. The lowest BCUT2D eigenvalue weighted by molar-refractivity contribution is 0.0975. The van der Waals surface area contributed by atoms with Gasteiger partial charge in [-0.05, 0) is 80.4 Å². The Morgan fingerprint density at radius 3 is 2.58 bits per heavy atom. The zero-order valence-electron chi connectivity index (χ0n) is 19.2. The molecule has 0 N–H and O–H groups in total. The van der Waals surface area contributed by atoms with E-state index in [1.54, 1.807) is 7.11 Å². The zero-order chi connectivity index (χ0) is 23.0. The molecule has 0 aliphatic carbocycles. The molecule has 0 unspecified atom stereocenters. The van der Waals surface area contributed by atoms with E-state index >= 15 is 0 Å². The van der Waals surface area contributed by atoms with Crippen LogP contribution in [-0.4, -0.2) is 37.6 Å². The molecule has 4 nitrogen and oxygen atoms in total. The summed E-state index contributed by atoms with van der Waals surface area (Å²) in [5.74, 6) is 0.986. The maximum absolute atomic E-state index is 13.5. The van der Waals surface area contributed by atoms with E-state index in [9.17, 15) is 4.79 Å². The molecule has 0 atom stereocenters. The summed E-state index contributed by atoms with van der Waals surface area (Å²) >= 11 is 3.51. The van der Waals surface area contributed by atoms with Crippen LogP contribution in [-0.2, 0) is 12.0 Å². The molecule has 2 aliphatic rings. The van der Waals surface area contributed by atoms with Gasteiger partial charge < -0.3 is 9.64 Å². The Morgan fingerprint density at radius 2 is 1.82 bits per heavy atom. The van der Waals surface area contributed by atoms with E-state index in [2.05, 4.69) is 64.2 Å². The van der Waals surface area contributed by atoms with E-state index < -0.39 is 0 Å². The van der Waals surface area contributed by atoms with Gasteiger partial charge in [0.1, 0.15) is 5.75 Å². The summed E-state index contributed by atoms with van der Waals surface area (Å²) in [6, 6.07) is 22.6. The van der Waals surface area contributed by atoms with Crippen LogP contribution in [0.1, 0.15) is 39.9 Å². The van der Waals surface area contributed by atoms with E-state index in [1.807, 2.05) is 35.2 Å². The predicted octanol–water partition coefficient (Wildman–Crippen LogP) is 5.96. The van der Waals surface area contributed by atoms with Gasteiger partial charge in [-0.15, -0.1) is 0 Å². The van der Waals surface area contributed by atoms with Gasteiger partial charge in [0.2, 0.25) is 0 Å². The number of carbonyl (C=O) groups is 1. The van der Waals surface area contributed by atoms with Crippen molar-refractivity contribution in [1.29, 1.82) is 0 Å². The van der Waals surface area contributed by atoms with Crippen LogP contribution in [0.4, 0.5) is 5.69 Å². The average Bonchev–Trinajstić information content (AvgIpc) is 3.13. The highest BCUT2D eigenvalue weighted by molar-refractivity contribution is 9.10. The molecule has 0 radical (unpaired) electrons. The van der Waals surface area contributed by atoms with Crippen molar-refractivity contribution >= 4 is 27.5 Å². The number of aryl methyl sites for hydroxylation is 1. The Kier molecular flexibility index (Phi) is 6.02. The lowest BCUT2D eigenvalue weighted by atomic mass is 9.74. The second kappa shape index (κ2) is 8.96. The van der Waals surface area contributed by atoms with Crippen LogP contribution in [0.2, 0.25) is 0 Å². The molecule has 33 heavy (non-hydrogen) atoms. The highest BCUT2D eigenvalue weighted by Crippen LogP contribution is 2.48. The normalized spacial score (nSPS) is 17.2. The number of ether oxygens (including phenoxy) is 1. The minimum Gasteiger partial charge on any atom is -0.497 e. The number of benzene rings is 3. The molecule has 2 heterocycles. The monoisotopic (exact) mass is 504 g/mol. The molecule has 1 amide bonds. The molecule has 170 valence electrons. The van der Waals surface area contributed by atoms with Gasteiger partial charge in [0.05, 0.1) is 7.11 Å². The maximum atomic E-state index is 13.5. The molecule has 3 aromatic carbocycles. The number of fused-ring (bicyclic) bond motifs is 2. The summed E-state index contributed by atoms with van der Waals surface area (Å²) in [5.41, 5.74) is 5.69. The first-order valence-electron chi connectivity index (χ1n) is 11.5. The van der Waals surface area contributed by atoms with Crippen LogP contribution in [0.3, 0.4) is 0 Å². The number of carbonyl (C=O) groups excluding carboxylic acids is 1. The van der Waals surface area contributed by atoms with Crippen molar-refractivity contribution in [3.63, 3.8) is 0 Å². The number of rotatable bonds is 4. The fourth-order valence-electron chi connectivity index (χ4n) is 5.34. The molecule has 0 saturated carbocycles. The van der Waals surface area contributed by atoms with Crippen molar-refractivity contribution in [2.24, 2.45) is 0 Å². The number of likely N-dealkylation sites (tertiary alicyclic amines) is 1. The van der Waals surface area contributed by atoms with Crippen molar-refractivity contribution in [1.82, 2.24) is 4.90 Å². The van der Waals surface area contributed by atoms with Gasteiger partial charge in [-0.2, -0.15) is 0 Å². The van der Waals surface area contributed by atoms with E-state index in [-0.39, 0.29) is 11.3 Å².